The van der Waals surface area contributed by atoms with E-state index in [2.05, 4.69) is 20.6 Å². The molecule has 2 aromatic rings. The number of nitrogens with one attached hydrogen (secondary N) is 2. The standard InChI is InChI=1S/C22H25ClN4O5/c1-13-12-25-18(26-14(2)29)11-16(13)22-27-19(21(30)24-7-9-31-10-8-28)20(32-22)15-5-3-4-6-17(15)23/h3-4,6,11-12,15,28H,5,7-10H2,1-2H3,(H,24,30)(H,25,26,29). The summed E-state index contributed by atoms with van der Waals surface area (Å²) in [6.07, 6.45) is 7.71. The van der Waals surface area contributed by atoms with Crippen LogP contribution < -0.4 is 10.6 Å². The van der Waals surface area contributed by atoms with Crippen LogP contribution in [0.3, 0.4) is 0 Å². The van der Waals surface area contributed by atoms with E-state index in [4.69, 9.17) is 25.9 Å². The van der Waals surface area contributed by atoms with Crippen molar-refractivity contribution < 1.29 is 23.8 Å². The number of amides is 2. The number of carbonyl (C=O) groups excluding carboxylic acids is 2. The Bertz CT molecular complexity index is 1050. The smallest absolute Gasteiger partial charge is 0.273 e. The molecule has 0 saturated carbocycles. The Labute approximate surface area is 190 Å². The first kappa shape index (κ1) is 23.6. The van der Waals surface area contributed by atoms with E-state index in [0.717, 1.165) is 5.56 Å². The minimum Gasteiger partial charge on any atom is -0.440 e. The fourth-order valence-electron chi connectivity index (χ4n) is 3.17. The van der Waals surface area contributed by atoms with Crippen molar-refractivity contribution in [1.29, 1.82) is 0 Å². The average molecular weight is 461 g/mol. The van der Waals surface area contributed by atoms with Gasteiger partial charge in [-0.2, -0.15) is 0 Å². The highest BCUT2D eigenvalue weighted by Crippen LogP contribution is 2.38. The first-order valence-electron chi connectivity index (χ1n) is 10.1. The predicted octanol–water partition coefficient (Wildman–Crippen LogP) is 2.91. The van der Waals surface area contributed by atoms with Crippen molar-refractivity contribution in [2.75, 3.05) is 31.7 Å². The van der Waals surface area contributed by atoms with Gasteiger partial charge in [0.2, 0.25) is 11.8 Å². The number of anilines is 1. The monoisotopic (exact) mass is 460 g/mol. The lowest BCUT2D eigenvalue weighted by Gasteiger charge is -2.15. The molecule has 1 aliphatic carbocycles. The first-order valence-corrected chi connectivity index (χ1v) is 10.5. The second-order valence-corrected chi connectivity index (χ2v) is 7.59. The highest BCUT2D eigenvalue weighted by atomic mass is 35.5. The summed E-state index contributed by atoms with van der Waals surface area (Å²) >= 11 is 6.41. The SMILES string of the molecule is CC(=O)Nc1cc(-c2nc(C(=O)NCCOCCO)c(C3CC=CC=C3Cl)o2)c(C)cn1. The Kier molecular flexibility index (Phi) is 8.15. The summed E-state index contributed by atoms with van der Waals surface area (Å²) < 4.78 is 11.3. The van der Waals surface area contributed by atoms with Gasteiger partial charge < -0.3 is 24.9 Å². The third-order valence-corrected chi connectivity index (χ3v) is 5.08. The molecule has 2 heterocycles. The molecular weight excluding hydrogens is 436 g/mol. The number of aryl methyl sites for hydroxylation is 1. The highest BCUT2D eigenvalue weighted by molar-refractivity contribution is 6.30. The fraction of sp³-hybridized carbons (Fsp3) is 0.364. The topological polar surface area (TPSA) is 127 Å². The third kappa shape index (κ3) is 5.82. The van der Waals surface area contributed by atoms with Gasteiger partial charge in [0.25, 0.3) is 5.91 Å². The van der Waals surface area contributed by atoms with E-state index in [0.29, 0.717) is 28.6 Å². The van der Waals surface area contributed by atoms with Gasteiger partial charge in [-0.25, -0.2) is 9.97 Å². The van der Waals surface area contributed by atoms with E-state index in [1.807, 2.05) is 19.1 Å². The maximum Gasteiger partial charge on any atom is 0.273 e. The van der Waals surface area contributed by atoms with Crippen LogP contribution >= 0.6 is 11.6 Å². The number of aliphatic hydroxyl groups excluding tert-OH is 1. The summed E-state index contributed by atoms with van der Waals surface area (Å²) in [5.41, 5.74) is 1.49. The molecule has 1 atom stereocenters. The molecule has 10 heteroatoms. The van der Waals surface area contributed by atoms with Crippen LogP contribution in [0.4, 0.5) is 5.82 Å². The number of oxazole rings is 1. The molecule has 9 nitrogen and oxygen atoms in total. The highest BCUT2D eigenvalue weighted by Gasteiger charge is 2.29. The summed E-state index contributed by atoms with van der Waals surface area (Å²) in [5, 5.41) is 14.7. The Morgan fingerprint density at radius 3 is 2.91 bits per heavy atom. The molecule has 3 rings (SSSR count). The van der Waals surface area contributed by atoms with Crippen molar-refractivity contribution in [3.05, 3.63) is 52.5 Å². The molecule has 170 valence electrons. The molecule has 2 amide bonds. The van der Waals surface area contributed by atoms with Gasteiger partial charge in [0.15, 0.2) is 5.69 Å². The fourth-order valence-corrected chi connectivity index (χ4v) is 3.43. The van der Waals surface area contributed by atoms with Gasteiger partial charge in [-0.05, 0) is 31.1 Å². The van der Waals surface area contributed by atoms with Crippen LogP contribution in [0.2, 0.25) is 0 Å². The maximum atomic E-state index is 12.9. The minimum absolute atomic E-state index is 0.0868. The van der Waals surface area contributed by atoms with E-state index >= 15 is 0 Å². The Morgan fingerprint density at radius 1 is 1.38 bits per heavy atom. The number of pyridine rings is 1. The molecule has 0 bridgehead atoms. The van der Waals surface area contributed by atoms with Gasteiger partial charge in [-0.3, -0.25) is 9.59 Å². The van der Waals surface area contributed by atoms with Crippen LogP contribution in [0.1, 0.15) is 41.1 Å². The number of hydrogen-bond acceptors (Lipinski definition) is 7. The van der Waals surface area contributed by atoms with E-state index in [-0.39, 0.29) is 49.8 Å². The third-order valence-electron chi connectivity index (χ3n) is 4.69. The van der Waals surface area contributed by atoms with Crippen molar-refractivity contribution in [3.63, 3.8) is 0 Å². The number of ether oxygens (including phenoxy) is 1. The van der Waals surface area contributed by atoms with Crippen LogP contribution in [-0.2, 0) is 9.53 Å². The van der Waals surface area contributed by atoms with Gasteiger partial charge in [-0.1, -0.05) is 23.8 Å². The summed E-state index contributed by atoms with van der Waals surface area (Å²) in [6, 6.07) is 1.65. The Hall–Kier alpha value is -3.01. The zero-order valence-electron chi connectivity index (χ0n) is 17.9. The second kappa shape index (κ2) is 11.0. The van der Waals surface area contributed by atoms with Crippen molar-refractivity contribution in [2.45, 2.75) is 26.2 Å². The zero-order valence-corrected chi connectivity index (χ0v) is 18.6. The van der Waals surface area contributed by atoms with E-state index in [1.165, 1.54) is 6.92 Å². The molecule has 1 aliphatic rings. The van der Waals surface area contributed by atoms with E-state index in [9.17, 15) is 9.59 Å². The van der Waals surface area contributed by atoms with Crippen LogP contribution in [-0.4, -0.2) is 53.3 Å². The summed E-state index contributed by atoms with van der Waals surface area (Å²) in [7, 11) is 0. The van der Waals surface area contributed by atoms with Crippen molar-refractivity contribution in [3.8, 4) is 11.5 Å². The first-order chi connectivity index (χ1) is 15.4. The van der Waals surface area contributed by atoms with Crippen LogP contribution in [0.5, 0.6) is 0 Å². The quantitative estimate of drug-likeness (QED) is 0.491. The number of carbonyl (C=O) groups is 2. The zero-order chi connectivity index (χ0) is 23.1. The number of rotatable bonds is 9. The molecular formula is C22H25ClN4O5. The lowest BCUT2D eigenvalue weighted by atomic mass is 9.96. The molecule has 3 N–H and O–H groups in total. The van der Waals surface area contributed by atoms with Crippen LogP contribution in [0, 0.1) is 6.92 Å². The predicted molar refractivity (Wildman–Crippen MR) is 119 cm³/mol. The second-order valence-electron chi connectivity index (χ2n) is 7.16. The summed E-state index contributed by atoms with van der Waals surface area (Å²) in [5.74, 6) is -0.0799. The molecule has 2 aromatic heterocycles. The summed E-state index contributed by atoms with van der Waals surface area (Å²) in [4.78, 5) is 33.0. The van der Waals surface area contributed by atoms with Gasteiger partial charge >= 0.3 is 0 Å². The lowest BCUT2D eigenvalue weighted by Crippen LogP contribution is -2.29. The molecule has 0 spiro atoms. The number of aromatic nitrogens is 2. The number of allylic oxidation sites excluding steroid dienone is 4. The van der Waals surface area contributed by atoms with Gasteiger partial charge in [-0.15, -0.1) is 0 Å². The Balaban J connectivity index is 1.94. The number of hydrogen-bond donors (Lipinski definition) is 3. The van der Waals surface area contributed by atoms with Gasteiger partial charge in [0.1, 0.15) is 11.6 Å². The van der Waals surface area contributed by atoms with Crippen LogP contribution in [0.15, 0.2) is 39.9 Å². The molecule has 0 aliphatic heterocycles. The van der Waals surface area contributed by atoms with Crippen molar-refractivity contribution >= 4 is 29.2 Å². The molecule has 1 unspecified atom stereocenters. The molecule has 0 aromatic carbocycles. The van der Waals surface area contributed by atoms with Crippen molar-refractivity contribution in [2.24, 2.45) is 0 Å². The number of halogens is 1. The van der Waals surface area contributed by atoms with E-state index in [1.54, 1.807) is 18.3 Å². The van der Waals surface area contributed by atoms with Crippen molar-refractivity contribution in [1.82, 2.24) is 15.3 Å². The maximum absolute atomic E-state index is 12.9. The number of aliphatic hydroxyl groups is 1. The average Bonchev–Trinajstić information content (AvgIpc) is 3.20. The number of nitrogens with zero attached hydrogens (tertiary/aromatic N) is 2. The largest absolute Gasteiger partial charge is 0.440 e. The van der Waals surface area contributed by atoms with Gasteiger partial charge in [0, 0.05) is 30.3 Å². The molecule has 32 heavy (non-hydrogen) atoms. The summed E-state index contributed by atoms with van der Waals surface area (Å²) in [6.45, 7) is 3.83. The Morgan fingerprint density at radius 2 is 2.19 bits per heavy atom. The molecule has 0 fully saturated rings. The van der Waals surface area contributed by atoms with E-state index < -0.39 is 5.91 Å². The minimum atomic E-state index is -0.421. The van der Waals surface area contributed by atoms with Gasteiger partial charge in [0.05, 0.1) is 25.7 Å². The normalized spacial score (nSPS) is 15.4. The van der Waals surface area contributed by atoms with Crippen LogP contribution in [0.25, 0.3) is 11.5 Å². The molecule has 0 saturated heterocycles. The lowest BCUT2D eigenvalue weighted by molar-refractivity contribution is -0.114. The molecule has 0 radical (unpaired) electrons.